The summed E-state index contributed by atoms with van der Waals surface area (Å²) in [6.45, 7) is 6.25. The highest BCUT2D eigenvalue weighted by molar-refractivity contribution is 7.91. The van der Waals surface area contributed by atoms with E-state index < -0.39 is 9.84 Å². The smallest absolute Gasteiger partial charge is 0.230 e. The summed E-state index contributed by atoms with van der Waals surface area (Å²) in [6.07, 6.45) is 2.37. The first-order valence-corrected chi connectivity index (χ1v) is 13.4. The summed E-state index contributed by atoms with van der Waals surface area (Å²) in [6, 6.07) is 18.9. The number of aromatic nitrogens is 1. The van der Waals surface area contributed by atoms with Gasteiger partial charge in [0.05, 0.1) is 17.1 Å². The molecule has 0 radical (unpaired) electrons. The summed E-state index contributed by atoms with van der Waals surface area (Å²) in [5, 5.41) is 3.43. The van der Waals surface area contributed by atoms with E-state index in [0.29, 0.717) is 22.9 Å². The van der Waals surface area contributed by atoms with Crippen LogP contribution in [-0.2, 0) is 34.1 Å². The van der Waals surface area contributed by atoms with Crippen molar-refractivity contribution in [2.24, 2.45) is 0 Å². The van der Waals surface area contributed by atoms with E-state index in [4.69, 9.17) is 11.6 Å². The van der Waals surface area contributed by atoms with Crippen LogP contribution >= 0.6 is 11.6 Å². The number of hydrogen-bond acceptors (Lipinski definition) is 5. The van der Waals surface area contributed by atoms with E-state index in [1.807, 2.05) is 30.3 Å². The molecule has 6 nitrogen and oxygen atoms in total. The Morgan fingerprint density at radius 2 is 1.79 bits per heavy atom. The second kappa shape index (κ2) is 12.1. The van der Waals surface area contributed by atoms with Crippen molar-refractivity contribution in [2.45, 2.75) is 44.7 Å². The molecule has 0 unspecified atom stereocenters. The van der Waals surface area contributed by atoms with Crippen LogP contribution in [-0.4, -0.2) is 36.5 Å². The molecule has 0 spiro atoms. The number of nitrogens with zero attached hydrogens (tertiary/aromatic N) is 2. The number of nitrogens with one attached hydrogen (secondary N) is 1. The van der Waals surface area contributed by atoms with Crippen LogP contribution in [0.3, 0.4) is 0 Å². The zero-order valence-electron chi connectivity index (χ0n) is 19.5. The minimum atomic E-state index is -3.31. The summed E-state index contributed by atoms with van der Waals surface area (Å²) in [5.41, 5.74) is 3.35. The zero-order valence-corrected chi connectivity index (χ0v) is 21.1. The van der Waals surface area contributed by atoms with Crippen LogP contribution in [0.15, 0.2) is 71.8 Å². The number of anilines is 1. The SMILES string of the molecule is CCCN(Cc1ccccc1)Cc1ccc(NC(=O)Cc2ccc(S(=O)(=O)CC)cn2)cc1Cl. The largest absolute Gasteiger partial charge is 0.326 e. The van der Waals surface area contributed by atoms with Crippen LogP contribution in [0, 0.1) is 0 Å². The number of amides is 1. The lowest BCUT2D eigenvalue weighted by atomic mass is 10.1. The molecule has 1 amide bonds. The molecule has 0 fully saturated rings. The lowest BCUT2D eigenvalue weighted by Gasteiger charge is -2.22. The third kappa shape index (κ3) is 7.38. The highest BCUT2D eigenvalue weighted by atomic mass is 35.5. The summed E-state index contributed by atoms with van der Waals surface area (Å²) < 4.78 is 23.8. The third-order valence-corrected chi connectivity index (χ3v) is 7.47. The van der Waals surface area contributed by atoms with E-state index in [-0.39, 0.29) is 23.0 Å². The molecule has 0 atom stereocenters. The minimum absolute atomic E-state index is 0.00767. The number of rotatable bonds is 11. The second-order valence-corrected chi connectivity index (χ2v) is 10.8. The normalized spacial score (nSPS) is 11.5. The van der Waals surface area contributed by atoms with Gasteiger partial charge >= 0.3 is 0 Å². The van der Waals surface area contributed by atoms with Crippen molar-refractivity contribution in [3.8, 4) is 0 Å². The van der Waals surface area contributed by atoms with E-state index in [1.54, 1.807) is 19.1 Å². The van der Waals surface area contributed by atoms with Crippen LogP contribution in [0.25, 0.3) is 0 Å². The number of benzene rings is 2. The van der Waals surface area contributed by atoms with Gasteiger partial charge in [0.2, 0.25) is 5.91 Å². The Kier molecular flexibility index (Phi) is 9.21. The Morgan fingerprint density at radius 3 is 2.41 bits per heavy atom. The van der Waals surface area contributed by atoms with Gasteiger partial charge in [-0.15, -0.1) is 0 Å². The van der Waals surface area contributed by atoms with Gasteiger partial charge in [0.15, 0.2) is 9.84 Å². The fourth-order valence-electron chi connectivity index (χ4n) is 3.60. The summed E-state index contributed by atoms with van der Waals surface area (Å²) in [7, 11) is -3.31. The lowest BCUT2D eigenvalue weighted by molar-refractivity contribution is -0.115. The van der Waals surface area contributed by atoms with Gasteiger partial charge in [-0.05, 0) is 48.4 Å². The summed E-state index contributed by atoms with van der Waals surface area (Å²) >= 11 is 6.55. The average molecular weight is 500 g/mol. The van der Waals surface area contributed by atoms with Gasteiger partial charge < -0.3 is 5.32 Å². The van der Waals surface area contributed by atoms with Gasteiger partial charge in [0, 0.05) is 35.7 Å². The first kappa shape index (κ1) is 25.9. The molecule has 34 heavy (non-hydrogen) atoms. The third-order valence-electron chi connectivity index (χ3n) is 5.40. The Labute approximate surface area is 206 Å². The van der Waals surface area contributed by atoms with Crippen molar-refractivity contribution in [2.75, 3.05) is 17.6 Å². The summed E-state index contributed by atoms with van der Waals surface area (Å²) in [5.74, 6) is -0.243. The fourth-order valence-corrected chi connectivity index (χ4v) is 4.66. The van der Waals surface area contributed by atoms with Gasteiger partial charge in [-0.3, -0.25) is 14.7 Å². The predicted molar refractivity (Wildman–Crippen MR) is 137 cm³/mol. The van der Waals surface area contributed by atoms with E-state index in [0.717, 1.165) is 25.1 Å². The number of carbonyl (C=O) groups is 1. The van der Waals surface area contributed by atoms with E-state index in [1.165, 1.54) is 17.8 Å². The standard InChI is InChI=1S/C26H30ClN3O3S/c1-3-14-30(18-20-8-6-5-7-9-20)19-21-10-11-23(15-25(21)27)29-26(31)16-22-12-13-24(17-28-22)34(32,33)4-2/h5-13,15,17H,3-4,14,16,18-19H2,1-2H3,(H,29,31). The molecule has 0 saturated carbocycles. The van der Waals surface area contributed by atoms with Crippen molar-refractivity contribution in [3.63, 3.8) is 0 Å². The van der Waals surface area contributed by atoms with E-state index in [9.17, 15) is 13.2 Å². The molecule has 2 aromatic carbocycles. The molecule has 0 aliphatic heterocycles. The van der Waals surface area contributed by atoms with Crippen molar-refractivity contribution in [1.82, 2.24) is 9.88 Å². The van der Waals surface area contributed by atoms with E-state index >= 15 is 0 Å². The number of hydrogen-bond donors (Lipinski definition) is 1. The Bertz CT molecular complexity index is 1200. The molecule has 0 saturated heterocycles. The molecule has 3 aromatic rings. The molecule has 0 bridgehead atoms. The number of halogens is 1. The lowest BCUT2D eigenvalue weighted by Crippen LogP contribution is -2.23. The number of sulfone groups is 1. The summed E-state index contributed by atoms with van der Waals surface area (Å²) in [4.78, 5) is 19.1. The van der Waals surface area contributed by atoms with Crippen LogP contribution in [0.1, 0.15) is 37.1 Å². The maximum absolute atomic E-state index is 12.5. The Balaban J connectivity index is 1.61. The molecule has 0 aliphatic rings. The molecule has 1 N–H and O–H groups in total. The molecule has 1 heterocycles. The maximum atomic E-state index is 12.5. The van der Waals surface area contributed by atoms with Gasteiger partial charge in [0.25, 0.3) is 0 Å². The quantitative estimate of drug-likeness (QED) is 0.396. The monoisotopic (exact) mass is 499 g/mol. The second-order valence-electron chi connectivity index (χ2n) is 8.12. The first-order chi connectivity index (χ1) is 16.3. The van der Waals surface area contributed by atoms with Gasteiger partial charge in [-0.25, -0.2) is 8.42 Å². The van der Waals surface area contributed by atoms with Crippen molar-refractivity contribution in [3.05, 3.63) is 88.7 Å². The molecule has 1 aromatic heterocycles. The first-order valence-electron chi connectivity index (χ1n) is 11.3. The highest BCUT2D eigenvalue weighted by Crippen LogP contribution is 2.23. The van der Waals surface area contributed by atoms with Gasteiger partial charge in [-0.1, -0.05) is 61.8 Å². The fraction of sp³-hybridized carbons (Fsp3) is 0.308. The average Bonchev–Trinajstić information content (AvgIpc) is 2.82. The molecule has 3 rings (SSSR count). The number of pyridine rings is 1. The minimum Gasteiger partial charge on any atom is -0.326 e. The topological polar surface area (TPSA) is 79.4 Å². The number of carbonyl (C=O) groups excluding carboxylic acids is 1. The van der Waals surface area contributed by atoms with Crippen LogP contribution in [0.5, 0.6) is 0 Å². The highest BCUT2D eigenvalue weighted by Gasteiger charge is 2.14. The van der Waals surface area contributed by atoms with Crippen molar-refractivity contribution in [1.29, 1.82) is 0 Å². The van der Waals surface area contributed by atoms with Crippen LogP contribution in [0.4, 0.5) is 5.69 Å². The predicted octanol–water partition coefficient (Wildman–Crippen LogP) is 5.12. The van der Waals surface area contributed by atoms with E-state index in [2.05, 4.69) is 34.3 Å². The molecule has 180 valence electrons. The Morgan fingerprint density at radius 1 is 1.03 bits per heavy atom. The maximum Gasteiger partial charge on any atom is 0.230 e. The Hall–Kier alpha value is -2.74. The van der Waals surface area contributed by atoms with Gasteiger partial charge in [-0.2, -0.15) is 0 Å². The zero-order chi connectivity index (χ0) is 24.6. The molecular formula is C26H30ClN3O3S. The van der Waals surface area contributed by atoms with Gasteiger partial charge in [0.1, 0.15) is 0 Å². The van der Waals surface area contributed by atoms with Crippen LogP contribution < -0.4 is 5.32 Å². The van der Waals surface area contributed by atoms with Crippen molar-refractivity contribution >= 4 is 33.0 Å². The van der Waals surface area contributed by atoms with Crippen molar-refractivity contribution < 1.29 is 13.2 Å². The molecule has 0 aliphatic carbocycles. The molecule has 8 heteroatoms. The van der Waals surface area contributed by atoms with Crippen LogP contribution in [0.2, 0.25) is 5.02 Å². The molecular weight excluding hydrogens is 470 g/mol.